The van der Waals surface area contributed by atoms with Crippen LogP contribution in [0.3, 0.4) is 0 Å². The molecular weight excluding hydrogens is 188 g/mol. The first kappa shape index (κ1) is 9.65. The van der Waals surface area contributed by atoms with Gasteiger partial charge in [-0.25, -0.2) is 0 Å². The fraction of sp³-hybridized carbons (Fsp3) is 0.167. The summed E-state index contributed by atoms with van der Waals surface area (Å²) >= 11 is 0. The Labute approximate surface area is 88.0 Å². The highest BCUT2D eigenvalue weighted by Crippen LogP contribution is 2.05. The predicted octanol–water partition coefficient (Wildman–Crippen LogP) is 1.60. The lowest BCUT2D eigenvalue weighted by molar-refractivity contribution is 0.752. The van der Waals surface area contributed by atoms with Crippen molar-refractivity contribution in [3.8, 4) is 0 Å². The van der Waals surface area contributed by atoms with E-state index in [0.29, 0.717) is 6.54 Å². The van der Waals surface area contributed by atoms with Crippen LogP contribution in [0.2, 0.25) is 0 Å². The Bertz CT molecular complexity index is 517. The molecule has 0 aromatic carbocycles. The Hall–Kier alpha value is -1.90. The minimum Gasteiger partial charge on any atom is -0.311 e. The van der Waals surface area contributed by atoms with Crippen molar-refractivity contribution in [3.63, 3.8) is 0 Å². The predicted molar refractivity (Wildman–Crippen MR) is 58.8 cm³/mol. The van der Waals surface area contributed by atoms with Gasteiger partial charge in [-0.05, 0) is 30.2 Å². The molecule has 2 rings (SSSR count). The van der Waals surface area contributed by atoms with Crippen LogP contribution in [-0.4, -0.2) is 9.55 Å². The summed E-state index contributed by atoms with van der Waals surface area (Å²) in [6.45, 7) is 2.60. The molecule has 3 heteroatoms. The molecule has 2 heterocycles. The lowest BCUT2D eigenvalue weighted by Crippen LogP contribution is -2.18. The lowest BCUT2D eigenvalue weighted by Gasteiger charge is -2.06. The average molecular weight is 200 g/mol. The second kappa shape index (κ2) is 4.09. The van der Waals surface area contributed by atoms with Gasteiger partial charge in [0, 0.05) is 24.7 Å². The van der Waals surface area contributed by atoms with E-state index in [0.717, 1.165) is 11.1 Å². The summed E-state index contributed by atoms with van der Waals surface area (Å²) in [6, 6.07) is 7.11. The van der Waals surface area contributed by atoms with Crippen molar-refractivity contribution in [1.82, 2.24) is 9.55 Å². The Balaban J connectivity index is 2.34. The van der Waals surface area contributed by atoms with E-state index < -0.39 is 0 Å². The number of aryl methyl sites for hydroxylation is 1. The van der Waals surface area contributed by atoms with E-state index in [2.05, 4.69) is 4.98 Å². The molecule has 0 aliphatic carbocycles. The molecule has 0 unspecified atom stereocenters. The summed E-state index contributed by atoms with van der Waals surface area (Å²) in [7, 11) is 0. The fourth-order valence-corrected chi connectivity index (χ4v) is 1.44. The molecule has 3 nitrogen and oxygen atoms in total. The maximum absolute atomic E-state index is 11.5. The quantitative estimate of drug-likeness (QED) is 0.738. The van der Waals surface area contributed by atoms with Gasteiger partial charge in [-0.2, -0.15) is 0 Å². The van der Waals surface area contributed by atoms with Gasteiger partial charge in [0.1, 0.15) is 0 Å². The summed E-state index contributed by atoms with van der Waals surface area (Å²) in [5, 5.41) is 0. The van der Waals surface area contributed by atoms with E-state index in [1.807, 2.05) is 19.1 Å². The van der Waals surface area contributed by atoms with Crippen molar-refractivity contribution >= 4 is 0 Å². The number of rotatable bonds is 2. The van der Waals surface area contributed by atoms with Gasteiger partial charge in [0.25, 0.3) is 5.56 Å². The minimum atomic E-state index is 0.0146. The van der Waals surface area contributed by atoms with Crippen LogP contribution in [0.5, 0.6) is 0 Å². The van der Waals surface area contributed by atoms with Crippen molar-refractivity contribution in [1.29, 1.82) is 0 Å². The first-order valence-corrected chi connectivity index (χ1v) is 4.82. The SMILES string of the molecule is Cc1ccncc1Cn1ccccc1=O. The van der Waals surface area contributed by atoms with Gasteiger partial charge < -0.3 is 4.57 Å². The zero-order valence-corrected chi connectivity index (χ0v) is 8.55. The van der Waals surface area contributed by atoms with Gasteiger partial charge in [-0.1, -0.05) is 6.07 Å². The summed E-state index contributed by atoms with van der Waals surface area (Å²) < 4.78 is 1.67. The van der Waals surface area contributed by atoms with E-state index in [1.54, 1.807) is 35.3 Å². The third-order valence-electron chi connectivity index (χ3n) is 2.39. The maximum Gasteiger partial charge on any atom is 0.250 e. The van der Waals surface area contributed by atoms with E-state index in [1.165, 1.54) is 0 Å². The van der Waals surface area contributed by atoms with Crippen LogP contribution in [0.25, 0.3) is 0 Å². The van der Waals surface area contributed by atoms with Crippen LogP contribution in [0, 0.1) is 6.92 Å². The molecule has 2 aromatic heterocycles. The minimum absolute atomic E-state index is 0.0146. The number of hydrogen-bond acceptors (Lipinski definition) is 2. The molecule has 0 radical (unpaired) electrons. The number of pyridine rings is 2. The molecular formula is C12H12N2O. The molecule has 0 spiro atoms. The van der Waals surface area contributed by atoms with Crippen molar-refractivity contribution in [2.24, 2.45) is 0 Å². The molecule has 0 fully saturated rings. The smallest absolute Gasteiger partial charge is 0.250 e. The molecule has 0 amide bonds. The molecule has 76 valence electrons. The first-order chi connectivity index (χ1) is 7.27. The molecule has 0 saturated heterocycles. The van der Waals surface area contributed by atoms with Gasteiger partial charge >= 0.3 is 0 Å². The highest BCUT2D eigenvalue weighted by molar-refractivity contribution is 5.21. The summed E-state index contributed by atoms with van der Waals surface area (Å²) in [6.07, 6.45) is 5.34. The topological polar surface area (TPSA) is 34.9 Å². The van der Waals surface area contributed by atoms with E-state index in [-0.39, 0.29) is 5.56 Å². The summed E-state index contributed by atoms with van der Waals surface area (Å²) in [5.74, 6) is 0. The Morgan fingerprint density at radius 2 is 2.20 bits per heavy atom. The summed E-state index contributed by atoms with van der Waals surface area (Å²) in [4.78, 5) is 15.5. The molecule has 2 aromatic rings. The van der Waals surface area contributed by atoms with Gasteiger partial charge in [0.15, 0.2) is 0 Å². The van der Waals surface area contributed by atoms with E-state index >= 15 is 0 Å². The molecule has 0 bridgehead atoms. The van der Waals surface area contributed by atoms with Gasteiger partial charge in [0.2, 0.25) is 0 Å². The number of nitrogens with zero attached hydrogens (tertiary/aromatic N) is 2. The van der Waals surface area contributed by atoms with Crippen LogP contribution >= 0.6 is 0 Å². The Kier molecular flexibility index (Phi) is 2.63. The van der Waals surface area contributed by atoms with E-state index in [4.69, 9.17) is 0 Å². The zero-order chi connectivity index (χ0) is 10.7. The van der Waals surface area contributed by atoms with Crippen molar-refractivity contribution < 1.29 is 0 Å². The van der Waals surface area contributed by atoms with Gasteiger partial charge in [-0.3, -0.25) is 9.78 Å². The first-order valence-electron chi connectivity index (χ1n) is 4.82. The lowest BCUT2D eigenvalue weighted by atomic mass is 10.1. The standard InChI is InChI=1S/C12H12N2O/c1-10-5-6-13-8-11(10)9-14-7-3-2-4-12(14)15/h2-8H,9H2,1H3. The molecule has 0 aliphatic rings. The third kappa shape index (κ3) is 2.13. The second-order valence-electron chi connectivity index (χ2n) is 3.47. The molecule has 0 aliphatic heterocycles. The summed E-state index contributed by atoms with van der Waals surface area (Å²) in [5.41, 5.74) is 2.24. The second-order valence-corrected chi connectivity index (χ2v) is 3.47. The monoisotopic (exact) mass is 200 g/mol. The van der Waals surface area contributed by atoms with Crippen LogP contribution in [-0.2, 0) is 6.54 Å². The maximum atomic E-state index is 11.5. The normalized spacial score (nSPS) is 10.2. The Morgan fingerprint density at radius 3 is 2.93 bits per heavy atom. The average Bonchev–Trinajstić information content (AvgIpc) is 2.24. The highest BCUT2D eigenvalue weighted by atomic mass is 16.1. The molecule has 0 saturated carbocycles. The molecule has 0 atom stereocenters. The highest BCUT2D eigenvalue weighted by Gasteiger charge is 1.99. The fourth-order valence-electron chi connectivity index (χ4n) is 1.44. The largest absolute Gasteiger partial charge is 0.311 e. The van der Waals surface area contributed by atoms with Crippen LogP contribution in [0.1, 0.15) is 11.1 Å². The van der Waals surface area contributed by atoms with Crippen LogP contribution in [0.15, 0.2) is 47.7 Å². The number of aromatic nitrogens is 2. The molecule has 0 N–H and O–H groups in total. The third-order valence-corrected chi connectivity index (χ3v) is 2.39. The van der Waals surface area contributed by atoms with Gasteiger partial charge in [0.05, 0.1) is 6.54 Å². The molecule has 15 heavy (non-hydrogen) atoms. The van der Waals surface area contributed by atoms with Gasteiger partial charge in [-0.15, -0.1) is 0 Å². The van der Waals surface area contributed by atoms with Crippen molar-refractivity contribution in [3.05, 3.63) is 64.3 Å². The van der Waals surface area contributed by atoms with E-state index in [9.17, 15) is 4.79 Å². The van der Waals surface area contributed by atoms with Crippen molar-refractivity contribution in [2.45, 2.75) is 13.5 Å². The number of hydrogen-bond donors (Lipinski definition) is 0. The Morgan fingerprint density at radius 1 is 1.33 bits per heavy atom. The van der Waals surface area contributed by atoms with Crippen molar-refractivity contribution in [2.75, 3.05) is 0 Å². The van der Waals surface area contributed by atoms with Crippen LogP contribution in [0.4, 0.5) is 0 Å². The zero-order valence-electron chi connectivity index (χ0n) is 8.55. The van der Waals surface area contributed by atoms with Crippen LogP contribution < -0.4 is 5.56 Å².